The molecule has 0 atom stereocenters. The second-order valence-electron chi connectivity index (χ2n) is 9.26. The summed E-state index contributed by atoms with van der Waals surface area (Å²) in [6, 6.07) is 0. The lowest BCUT2D eigenvalue weighted by molar-refractivity contribution is 0.261. The first-order valence-corrected chi connectivity index (χ1v) is 16.2. The summed E-state index contributed by atoms with van der Waals surface area (Å²) < 4.78 is 0. The molecule has 0 aliphatic carbocycles. The summed E-state index contributed by atoms with van der Waals surface area (Å²) in [6.07, 6.45) is 29.2. The quantitative estimate of drug-likeness (QED) is 0.126. The van der Waals surface area contributed by atoms with Gasteiger partial charge in [0.15, 0.2) is 0 Å². The molecule has 0 saturated carbocycles. The summed E-state index contributed by atoms with van der Waals surface area (Å²) in [6.45, 7) is 4.51. The molecule has 0 fully saturated rings. The molecule has 0 radical (unpaired) electrons. The Bertz CT molecular complexity index is 445. The SMILES string of the molecule is CCCCCCCCCCCCSC(=O)N/C=C/NC(=O)SCCCCCCCCCCCC. The Kier molecular flexibility index (Phi) is 28.1. The van der Waals surface area contributed by atoms with Crippen LogP contribution in [0.5, 0.6) is 0 Å². The molecule has 200 valence electrons. The van der Waals surface area contributed by atoms with Gasteiger partial charge in [0.25, 0.3) is 10.5 Å². The highest BCUT2D eigenvalue weighted by Gasteiger charge is 2.01. The summed E-state index contributed by atoms with van der Waals surface area (Å²) in [5, 5.41) is 5.30. The molecule has 0 aliphatic rings. The third-order valence-corrected chi connectivity index (χ3v) is 7.69. The van der Waals surface area contributed by atoms with Gasteiger partial charge in [-0.05, 0) is 12.8 Å². The fourth-order valence-corrected chi connectivity index (χ4v) is 5.18. The number of carbonyl (C=O) groups excluding carboxylic acids is 2. The van der Waals surface area contributed by atoms with Crippen molar-refractivity contribution < 1.29 is 9.59 Å². The predicted molar refractivity (Wildman–Crippen MR) is 155 cm³/mol. The summed E-state index contributed by atoms with van der Waals surface area (Å²) in [5.74, 6) is 1.72. The molecule has 0 aromatic carbocycles. The lowest BCUT2D eigenvalue weighted by atomic mass is 10.1. The van der Waals surface area contributed by atoms with Crippen LogP contribution in [0, 0.1) is 0 Å². The van der Waals surface area contributed by atoms with E-state index >= 15 is 0 Å². The van der Waals surface area contributed by atoms with Crippen LogP contribution in [0.4, 0.5) is 9.59 Å². The average Bonchev–Trinajstić information content (AvgIpc) is 2.83. The van der Waals surface area contributed by atoms with Crippen LogP contribution in [0.15, 0.2) is 12.4 Å². The molecular weight excluding hydrogens is 460 g/mol. The Hall–Kier alpha value is -0.620. The van der Waals surface area contributed by atoms with Crippen LogP contribution in [-0.4, -0.2) is 22.0 Å². The van der Waals surface area contributed by atoms with E-state index in [0.717, 1.165) is 24.3 Å². The molecule has 2 amide bonds. The molecule has 0 bridgehead atoms. The second-order valence-corrected chi connectivity index (χ2v) is 11.4. The van der Waals surface area contributed by atoms with Crippen LogP contribution >= 0.6 is 23.5 Å². The highest BCUT2D eigenvalue weighted by atomic mass is 32.2. The van der Waals surface area contributed by atoms with Gasteiger partial charge in [-0.25, -0.2) is 0 Å². The topological polar surface area (TPSA) is 58.2 Å². The number of nitrogens with one attached hydrogen (secondary N) is 2. The van der Waals surface area contributed by atoms with E-state index in [1.807, 2.05) is 0 Å². The predicted octanol–water partition coefficient (Wildman–Crippen LogP) is 10.2. The highest BCUT2D eigenvalue weighted by Crippen LogP contribution is 2.14. The van der Waals surface area contributed by atoms with Crippen molar-refractivity contribution in [1.29, 1.82) is 0 Å². The number of carbonyl (C=O) groups is 2. The summed E-state index contributed by atoms with van der Waals surface area (Å²) in [4.78, 5) is 23.6. The van der Waals surface area contributed by atoms with Crippen molar-refractivity contribution in [1.82, 2.24) is 10.6 Å². The molecular formula is C28H54N2O2S2. The minimum atomic E-state index is -0.0561. The molecule has 0 saturated heterocycles. The average molecular weight is 515 g/mol. The third-order valence-electron chi connectivity index (χ3n) is 5.95. The van der Waals surface area contributed by atoms with Crippen molar-refractivity contribution in [2.24, 2.45) is 0 Å². The molecule has 34 heavy (non-hydrogen) atoms. The van der Waals surface area contributed by atoms with E-state index in [9.17, 15) is 9.59 Å². The zero-order valence-electron chi connectivity index (χ0n) is 22.3. The number of thioether (sulfide) groups is 2. The molecule has 2 N–H and O–H groups in total. The molecule has 0 aromatic heterocycles. The van der Waals surface area contributed by atoms with Gasteiger partial charge in [-0.2, -0.15) is 0 Å². The Morgan fingerprint density at radius 3 is 1.03 bits per heavy atom. The third kappa shape index (κ3) is 27.6. The van der Waals surface area contributed by atoms with Crippen molar-refractivity contribution in [2.45, 2.75) is 142 Å². The van der Waals surface area contributed by atoms with Crippen LogP contribution in [0.25, 0.3) is 0 Å². The Morgan fingerprint density at radius 2 is 0.735 bits per heavy atom. The Morgan fingerprint density at radius 1 is 0.471 bits per heavy atom. The minimum absolute atomic E-state index is 0.0561. The summed E-state index contributed by atoms with van der Waals surface area (Å²) in [5.41, 5.74) is 0. The smallest absolute Gasteiger partial charge is 0.283 e. The van der Waals surface area contributed by atoms with E-state index in [1.165, 1.54) is 151 Å². The Labute approximate surface area is 220 Å². The summed E-state index contributed by atoms with van der Waals surface area (Å²) in [7, 11) is 0. The van der Waals surface area contributed by atoms with Crippen molar-refractivity contribution >= 4 is 34.0 Å². The maximum absolute atomic E-state index is 11.8. The van der Waals surface area contributed by atoms with Gasteiger partial charge in [-0.1, -0.05) is 153 Å². The lowest BCUT2D eigenvalue weighted by Gasteiger charge is -2.03. The van der Waals surface area contributed by atoms with Crippen LogP contribution in [0.2, 0.25) is 0 Å². The normalized spacial score (nSPS) is 11.2. The van der Waals surface area contributed by atoms with Gasteiger partial charge in [0.1, 0.15) is 0 Å². The van der Waals surface area contributed by atoms with E-state index in [-0.39, 0.29) is 10.5 Å². The van der Waals surface area contributed by atoms with Crippen molar-refractivity contribution in [2.75, 3.05) is 11.5 Å². The molecule has 0 aromatic rings. The minimum Gasteiger partial charge on any atom is -0.322 e. The van der Waals surface area contributed by atoms with Gasteiger partial charge in [-0.3, -0.25) is 9.59 Å². The van der Waals surface area contributed by atoms with Crippen molar-refractivity contribution in [3.8, 4) is 0 Å². The number of rotatable bonds is 24. The molecule has 0 spiro atoms. The van der Waals surface area contributed by atoms with Crippen LogP contribution in [0.3, 0.4) is 0 Å². The standard InChI is InChI=1S/C28H54N2O2S2/c1-3-5-7-9-11-13-15-17-19-21-25-33-27(31)29-23-24-30-28(32)34-26-22-20-18-16-14-12-10-8-6-4-2/h23-24H,3-22,25-26H2,1-2H3,(H,29,31)(H,30,32)/b24-23+. The van der Waals surface area contributed by atoms with E-state index in [1.54, 1.807) is 0 Å². The number of amides is 2. The summed E-state index contributed by atoms with van der Waals surface area (Å²) >= 11 is 2.65. The maximum Gasteiger partial charge on any atom is 0.283 e. The van der Waals surface area contributed by atoms with E-state index in [2.05, 4.69) is 24.5 Å². The lowest BCUT2D eigenvalue weighted by Crippen LogP contribution is -2.16. The Balaban J connectivity index is 3.37. The first-order chi connectivity index (χ1) is 16.7. The molecule has 0 aliphatic heterocycles. The van der Waals surface area contributed by atoms with E-state index in [0.29, 0.717) is 0 Å². The maximum atomic E-state index is 11.8. The zero-order valence-corrected chi connectivity index (χ0v) is 24.0. The van der Waals surface area contributed by atoms with Crippen LogP contribution < -0.4 is 10.6 Å². The zero-order chi connectivity index (χ0) is 25.0. The van der Waals surface area contributed by atoms with Gasteiger partial charge < -0.3 is 10.6 Å². The fourth-order valence-electron chi connectivity index (χ4n) is 3.81. The largest absolute Gasteiger partial charge is 0.322 e. The first-order valence-electron chi connectivity index (χ1n) is 14.2. The number of hydrogen-bond acceptors (Lipinski definition) is 4. The van der Waals surface area contributed by atoms with Gasteiger partial charge in [0, 0.05) is 23.9 Å². The van der Waals surface area contributed by atoms with Crippen LogP contribution in [-0.2, 0) is 0 Å². The molecule has 0 rings (SSSR count). The molecule has 0 heterocycles. The first kappa shape index (κ1) is 33.4. The number of hydrogen-bond donors (Lipinski definition) is 2. The molecule has 0 unspecified atom stereocenters. The van der Waals surface area contributed by atoms with Crippen molar-refractivity contribution in [3.05, 3.63) is 12.4 Å². The monoisotopic (exact) mass is 514 g/mol. The van der Waals surface area contributed by atoms with E-state index < -0.39 is 0 Å². The highest BCUT2D eigenvalue weighted by molar-refractivity contribution is 8.13. The number of unbranched alkanes of at least 4 members (excludes halogenated alkanes) is 18. The molecule has 6 heteroatoms. The van der Waals surface area contributed by atoms with E-state index in [4.69, 9.17) is 0 Å². The fraction of sp³-hybridized carbons (Fsp3) is 0.857. The second kappa shape index (κ2) is 28.6. The van der Waals surface area contributed by atoms with Gasteiger partial charge in [0.2, 0.25) is 0 Å². The van der Waals surface area contributed by atoms with Gasteiger partial charge in [-0.15, -0.1) is 0 Å². The van der Waals surface area contributed by atoms with Crippen molar-refractivity contribution in [3.63, 3.8) is 0 Å². The molecule has 4 nitrogen and oxygen atoms in total. The van der Waals surface area contributed by atoms with Gasteiger partial charge >= 0.3 is 0 Å². The van der Waals surface area contributed by atoms with Gasteiger partial charge in [0.05, 0.1) is 0 Å². The van der Waals surface area contributed by atoms with Crippen LogP contribution in [0.1, 0.15) is 142 Å².